The zero-order chi connectivity index (χ0) is 22.9. The Labute approximate surface area is 192 Å². The molecular formula is C24H28N8O. The van der Waals surface area contributed by atoms with Gasteiger partial charge in [0.25, 0.3) is 0 Å². The number of fused-ring (bicyclic) bond motifs is 1. The SMILES string of the molecule is CCC(=O)N1CCCC1n1cc(-c2cnc3[nH]cc(-c4cc(CC)nc(NC)n4)c3c2)cn1. The van der Waals surface area contributed by atoms with Gasteiger partial charge in [-0.15, -0.1) is 0 Å². The molecule has 1 amide bonds. The first-order valence-electron chi connectivity index (χ1n) is 11.5. The molecule has 1 aliphatic rings. The summed E-state index contributed by atoms with van der Waals surface area (Å²) in [6, 6.07) is 4.14. The molecule has 0 bridgehead atoms. The molecule has 0 saturated carbocycles. The molecule has 9 nitrogen and oxygen atoms in total. The third-order valence-corrected chi connectivity index (χ3v) is 6.26. The summed E-state index contributed by atoms with van der Waals surface area (Å²) >= 11 is 0. The Balaban J connectivity index is 1.51. The number of aryl methyl sites for hydroxylation is 1. The number of nitrogens with one attached hydrogen (secondary N) is 2. The van der Waals surface area contributed by atoms with Crippen LogP contribution in [0.2, 0.25) is 0 Å². The van der Waals surface area contributed by atoms with E-state index in [0.29, 0.717) is 12.4 Å². The molecule has 1 aliphatic heterocycles. The first-order valence-corrected chi connectivity index (χ1v) is 11.5. The van der Waals surface area contributed by atoms with Gasteiger partial charge in [-0.25, -0.2) is 19.6 Å². The molecule has 1 unspecified atom stereocenters. The lowest BCUT2D eigenvalue weighted by molar-refractivity contribution is -0.133. The van der Waals surface area contributed by atoms with Crippen molar-refractivity contribution in [2.45, 2.75) is 45.7 Å². The zero-order valence-corrected chi connectivity index (χ0v) is 19.2. The molecule has 4 aromatic heterocycles. The summed E-state index contributed by atoms with van der Waals surface area (Å²) in [5.74, 6) is 0.777. The zero-order valence-electron chi connectivity index (χ0n) is 19.2. The Kier molecular flexibility index (Phi) is 5.53. The van der Waals surface area contributed by atoms with Crippen molar-refractivity contribution in [3.8, 4) is 22.4 Å². The molecule has 1 saturated heterocycles. The second-order valence-electron chi connectivity index (χ2n) is 8.27. The molecule has 1 atom stereocenters. The molecule has 170 valence electrons. The van der Waals surface area contributed by atoms with E-state index in [0.717, 1.165) is 64.9 Å². The summed E-state index contributed by atoms with van der Waals surface area (Å²) < 4.78 is 1.91. The quantitative estimate of drug-likeness (QED) is 0.465. The van der Waals surface area contributed by atoms with Gasteiger partial charge in [0, 0.05) is 66.4 Å². The van der Waals surface area contributed by atoms with Gasteiger partial charge >= 0.3 is 0 Å². The van der Waals surface area contributed by atoms with Crippen molar-refractivity contribution in [3.63, 3.8) is 0 Å². The van der Waals surface area contributed by atoms with Crippen molar-refractivity contribution in [2.75, 3.05) is 18.9 Å². The molecular weight excluding hydrogens is 416 g/mol. The number of hydrogen-bond acceptors (Lipinski definition) is 6. The van der Waals surface area contributed by atoms with E-state index in [1.165, 1.54) is 0 Å². The lowest BCUT2D eigenvalue weighted by Gasteiger charge is -2.24. The third-order valence-electron chi connectivity index (χ3n) is 6.26. The van der Waals surface area contributed by atoms with E-state index in [2.05, 4.69) is 43.3 Å². The molecule has 0 aliphatic carbocycles. The van der Waals surface area contributed by atoms with Crippen LogP contribution in [0.1, 0.15) is 45.0 Å². The fourth-order valence-electron chi connectivity index (χ4n) is 4.47. The predicted octanol–water partition coefficient (Wildman–Crippen LogP) is 4.02. The van der Waals surface area contributed by atoms with E-state index < -0.39 is 0 Å². The number of aromatic nitrogens is 6. The van der Waals surface area contributed by atoms with E-state index in [4.69, 9.17) is 0 Å². The smallest absolute Gasteiger partial charge is 0.223 e. The number of aromatic amines is 1. The number of rotatable bonds is 6. The van der Waals surface area contributed by atoms with Crippen molar-refractivity contribution >= 4 is 22.9 Å². The van der Waals surface area contributed by atoms with Crippen LogP contribution in [-0.2, 0) is 11.2 Å². The summed E-state index contributed by atoms with van der Waals surface area (Å²) in [6.07, 6.45) is 10.9. The van der Waals surface area contributed by atoms with Crippen LogP contribution in [0.4, 0.5) is 5.95 Å². The van der Waals surface area contributed by atoms with Crippen molar-refractivity contribution in [2.24, 2.45) is 0 Å². The van der Waals surface area contributed by atoms with Crippen LogP contribution in [-0.4, -0.2) is 54.1 Å². The fraction of sp³-hybridized carbons (Fsp3) is 0.375. The van der Waals surface area contributed by atoms with Crippen LogP contribution in [0.15, 0.2) is 36.9 Å². The van der Waals surface area contributed by atoms with E-state index in [1.807, 2.05) is 54.4 Å². The van der Waals surface area contributed by atoms with E-state index >= 15 is 0 Å². The molecule has 33 heavy (non-hydrogen) atoms. The number of likely N-dealkylation sites (tertiary alicyclic amines) is 1. The lowest BCUT2D eigenvalue weighted by atomic mass is 10.1. The normalized spacial score (nSPS) is 16.0. The van der Waals surface area contributed by atoms with Gasteiger partial charge in [0.15, 0.2) is 0 Å². The van der Waals surface area contributed by atoms with Gasteiger partial charge in [-0.05, 0) is 31.4 Å². The highest BCUT2D eigenvalue weighted by atomic mass is 16.2. The number of carbonyl (C=O) groups is 1. The van der Waals surface area contributed by atoms with Gasteiger partial charge in [0.1, 0.15) is 11.8 Å². The minimum absolute atomic E-state index is 0.0147. The largest absolute Gasteiger partial charge is 0.357 e. The predicted molar refractivity (Wildman–Crippen MR) is 128 cm³/mol. The first-order chi connectivity index (χ1) is 16.1. The minimum Gasteiger partial charge on any atom is -0.357 e. The van der Waals surface area contributed by atoms with E-state index in [1.54, 1.807) is 0 Å². The van der Waals surface area contributed by atoms with Crippen LogP contribution in [0, 0.1) is 0 Å². The Morgan fingerprint density at radius 1 is 1.21 bits per heavy atom. The maximum absolute atomic E-state index is 12.3. The molecule has 5 heterocycles. The van der Waals surface area contributed by atoms with Crippen LogP contribution < -0.4 is 5.32 Å². The topological polar surface area (TPSA) is 105 Å². The van der Waals surface area contributed by atoms with Crippen LogP contribution in [0.3, 0.4) is 0 Å². The van der Waals surface area contributed by atoms with Gasteiger partial charge in [0.05, 0.1) is 11.9 Å². The average molecular weight is 445 g/mol. The van der Waals surface area contributed by atoms with Crippen molar-refractivity contribution < 1.29 is 4.79 Å². The molecule has 2 N–H and O–H groups in total. The number of anilines is 1. The number of nitrogens with zero attached hydrogens (tertiary/aromatic N) is 6. The van der Waals surface area contributed by atoms with Crippen molar-refractivity contribution in [3.05, 3.63) is 42.6 Å². The molecule has 0 radical (unpaired) electrons. The number of amides is 1. The number of H-pyrrole nitrogens is 1. The Bertz CT molecular complexity index is 1280. The highest BCUT2D eigenvalue weighted by Crippen LogP contribution is 2.32. The third kappa shape index (κ3) is 3.83. The molecule has 0 aromatic carbocycles. The monoisotopic (exact) mass is 444 g/mol. The summed E-state index contributed by atoms with van der Waals surface area (Å²) in [7, 11) is 1.82. The number of pyridine rings is 1. The van der Waals surface area contributed by atoms with Gasteiger partial charge in [-0.1, -0.05) is 13.8 Å². The minimum atomic E-state index is -0.0147. The van der Waals surface area contributed by atoms with Crippen LogP contribution in [0.25, 0.3) is 33.4 Å². The molecule has 9 heteroatoms. The molecule has 4 aromatic rings. The second-order valence-corrected chi connectivity index (χ2v) is 8.27. The fourth-order valence-corrected chi connectivity index (χ4v) is 4.47. The van der Waals surface area contributed by atoms with Crippen molar-refractivity contribution in [1.82, 2.24) is 34.6 Å². The Hall–Kier alpha value is -3.75. The van der Waals surface area contributed by atoms with Gasteiger partial charge in [-0.2, -0.15) is 5.10 Å². The number of carbonyl (C=O) groups excluding carboxylic acids is 1. The van der Waals surface area contributed by atoms with Crippen LogP contribution >= 0.6 is 0 Å². The summed E-state index contributed by atoms with van der Waals surface area (Å²) in [5.41, 5.74) is 5.56. The van der Waals surface area contributed by atoms with Crippen molar-refractivity contribution in [1.29, 1.82) is 0 Å². The maximum atomic E-state index is 12.3. The maximum Gasteiger partial charge on any atom is 0.223 e. The molecule has 1 fully saturated rings. The summed E-state index contributed by atoms with van der Waals surface area (Å²) in [4.78, 5) is 31.3. The molecule has 5 rings (SSSR count). The lowest BCUT2D eigenvalue weighted by Crippen LogP contribution is -2.33. The Morgan fingerprint density at radius 3 is 2.88 bits per heavy atom. The van der Waals surface area contributed by atoms with Gasteiger partial charge < -0.3 is 15.2 Å². The molecule has 0 spiro atoms. The van der Waals surface area contributed by atoms with Crippen LogP contribution in [0.5, 0.6) is 0 Å². The highest BCUT2D eigenvalue weighted by Gasteiger charge is 2.29. The second kappa shape index (κ2) is 8.65. The van der Waals surface area contributed by atoms with E-state index in [9.17, 15) is 4.79 Å². The van der Waals surface area contributed by atoms with E-state index in [-0.39, 0.29) is 12.1 Å². The Morgan fingerprint density at radius 2 is 2.09 bits per heavy atom. The highest BCUT2D eigenvalue weighted by molar-refractivity contribution is 5.95. The number of hydrogen-bond donors (Lipinski definition) is 2. The first kappa shape index (κ1) is 21.1. The standard InChI is InChI=1S/C24H28N8O/c1-4-17-10-20(30-24(25-3)29-17)19-13-27-23-18(19)9-15(11-26-23)16-12-28-32(14-16)21-7-6-8-31(21)22(33)5-2/h9-14,21H,4-8H2,1-3H3,(H,26,27)(H,25,29,30). The average Bonchev–Trinajstić information content (AvgIpc) is 3.61. The summed E-state index contributed by atoms with van der Waals surface area (Å²) in [6.45, 7) is 4.78. The van der Waals surface area contributed by atoms with Gasteiger partial charge in [-0.3, -0.25) is 4.79 Å². The summed E-state index contributed by atoms with van der Waals surface area (Å²) in [5, 5.41) is 8.63. The van der Waals surface area contributed by atoms with Gasteiger partial charge in [0.2, 0.25) is 11.9 Å².